The summed E-state index contributed by atoms with van der Waals surface area (Å²) in [7, 11) is 0. The van der Waals surface area contributed by atoms with Crippen molar-refractivity contribution in [1.29, 1.82) is 0 Å². The summed E-state index contributed by atoms with van der Waals surface area (Å²) in [5.41, 5.74) is 14.1. The maximum Gasteiger partial charge on any atom is 0.244 e. The summed E-state index contributed by atoms with van der Waals surface area (Å²) < 4.78 is 28.4. The summed E-state index contributed by atoms with van der Waals surface area (Å²) in [5, 5.41) is 12.3. The summed E-state index contributed by atoms with van der Waals surface area (Å²) >= 11 is 0. The molecular weight excluding hydrogens is 1190 g/mol. The Bertz CT molecular complexity index is 3360. The molecule has 0 atom stereocenters. The van der Waals surface area contributed by atoms with Crippen molar-refractivity contribution in [3.05, 3.63) is 283 Å². The van der Waals surface area contributed by atoms with Gasteiger partial charge in [-0.3, -0.25) is 19.2 Å². The van der Waals surface area contributed by atoms with Gasteiger partial charge in [0.1, 0.15) is 23.0 Å². The number of carbonyl (C=O) groups excluding carboxylic acids is 4. The van der Waals surface area contributed by atoms with Crippen LogP contribution >= 0.6 is 0 Å². The second-order valence-electron chi connectivity index (χ2n) is 24.3. The molecule has 96 heavy (non-hydrogen) atoms. The molecule has 9 rings (SSSR count). The Morgan fingerprint density at radius 2 is 0.490 bits per heavy atom. The molecule has 0 aromatic heterocycles. The number of amides is 4. The Labute approximate surface area is 568 Å². The molecule has 12 heteroatoms. The fraction of sp³-hybridized carbons (Fsp3) is 0.286. The number of carbonyl (C=O) groups is 4. The molecule has 0 fully saturated rings. The van der Waals surface area contributed by atoms with Crippen LogP contribution in [0.25, 0.3) is 24.3 Å². The Morgan fingerprint density at radius 1 is 0.302 bits per heavy atom. The summed E-state index contributed by atoms with van der Waals surface area (Å²) in [6, 6.07) is 56.3. The average Bonchev–Trinajstić information content (AvgIpc) is 0.780. The first-order valence-electron chi connectivity index (χ1n) is 34.2. The fourth-order valence-corrected chi connectivity index (χ4v) is 11.5. The molecule has 4 amide bonds. The van der Waals surface area contributed by atoms with Crippen LogP contribution in [-0.4, -0.2) is 50.1 Å². The predicted octanol–water partition coefficient (Wildman–Crippen LogP) is 16.4. The topological polar surface area (TPSA) is 153 Å². The lowest BCUT2D eigenvalue weighted by Crippen LogP contribution is -2.20. The predicted molar refractivity (Wildman–Crippen MR) is 388 cm³/mol. The van der Waals surface area contributed by atoms with Gasteiger partial charge in [0.05, 0.1) is 26.4 Å². The van der Waals surface area contributed by atoms with Gasteiger partial charge in [0.15, 0.2) is 0 Å². The van der Waals surface area contributed by atoms with E-state index in [1.165, 1.54) is 0 Å². The molecule has 8 bridgehead atoms. The van der Waals surface area contributed by atoms with Crippen molar-refractivity contribution >= 4 is 47.9 Å². The van der Waals surface area contributed by atoms with Crippen molar-refractivity contribution in [1.82, 2.24) is 21.3 Å². The zero-order valence-corrected chi connectivity index (χ0v) is 56.2. The SMILES string of the molecule is CCCCOc1c2cc(C=CC(=O)NCc3ccccc3)cc1Cc1cc(/C=C/C(=O)NCc3ccccc3)cc(c1OCCCC)Cc1cc(/C=C/C(=O)NCc3ccccc3)cc(c1OCCCC)Cc1cc(/C=C/C(=O)NCc3ccccc3)cc(c1OCCCC)C2. The Kier molecular flexibility index (Phi) is 27.5. The number of hydrogen-bond acceptors (Lipinski definition) is 8. The second kappa shape index (κ2) is 37.6. The lowest BCUT2D eigenvalue weighted by molar-refractivity contribution is -0.117. The molecule has 0 radical (unpaired) electrons. The van der Waals surface area contributed by atoms with Crippen LogP contribution in [-0.2, 0) is 71.0 Å². The van der Waals surface area contributed by atoms with Gasteiger partial charge in [-0.1, -0.05) is 175 Å². The first-order chi connectivity index (χ1) is 47.0. The van der Waals surface area contributed by atoms with Gasteiger partial charge in [0.2, 0.25) is 23.6 Å². The first-order valence-corrected chi connectivity index (χ1v) is 34.2. The summed E-state index contributed by atoms with van der Waals surface area (Å²) in [6.45, 7) is 11.9. The molecule has 0 spiro atoms. The average molecular weight is 1290 g/mol. The van der Waals surface area contributed by atoms with Gasteiger partial charge < -0.3 is 40.2 Å². The van der Waals surface area contributed by atoms with E-state index in [2.05, 4.69) is 97.5 Å². The molecule has 4 N–H and O–H groups in total. The van der Waals surface area contributed by atoms with Crippen LogP contribution in [0, 0.1) is 0 Å². The lowest BCUT2D eigenvalue weighted by atomic mass is 9.88. The molecule has 0 aliphatic heterocycles. The van der Waals surface area contributed by atoms with Gasteiger partial charge in [-0.05, 0) is 188 Å². The number of fused-ring (bicyclic) bond motifs is 8. The molecule has 0 unspecified atom stereocenters. The van der Waals surface area contributed by atoms with Gasteiger partial charge in [0.25, 0.3) is 0 Å². The number of rotatable bonds is 32. The van der Waals surface area contributed by atoms with E-state index in [1.54, 1.807) is 24.3 Å². The van der Waals surface area contributed by atoms with Gasteiger partial charge in [-0.2, -0.15) is 0 Å². The molecule has 0 saturated heterocycles. The van der Waals surface area contributed by atoms with Crippen LogP contribution in [0.3, 0.4) is 0 Å². The van der Waals surface area contributed by atoms with E-state index >= 15 is 0 Å². The molecule has 0 saturated carbocycles. The number of ether oxygens (including phenoxy) is 4. The highest BCUT2D eigenvalue weighted by Gasteiger charge is 2.25. The minimum atomic E-state index is -0.238. The molecule has 0 heterocycles. The zero-order chi connectivity index (χ0) is 67.1. The zero-order valence-electron chi connectivity index (χ0n) is 56.2. The minimum absolute atomic E-state index is 0.238. The maximum atomic E-state index is 13.8. The van der Waals surface area contributed by atoms with E-state index in [1.807, 2.05) is 146 Å². The molecule has 12 nitrogen and oxygen atoms in total. The molecule has 8 aromatic rings. The van der Waals surface area contributed by atoms with E-state index < -0.39 is 0 Å². The fourth-order valence-electron chi connectivity index (χ4n) is 11.5. The van der Waals surface area contributed by atoms with Crippen molar-refractivity contribution < 1.29 is 38.1 Å². The van der Waals surface area contributed by atoms with E-state index in [0.717, 1.165) is 140 Å². The molecule has 8 aromatic carbocycles. The Morgan fingerprint density at radius 3 is 0.667 bits per heavy atom. The number of benzene rings is 8. The number of nitrogens with one attached hydrogen (secondary N) is 4. The minimum Gasteiger partial charge on any atom is -0.493 e. The Balaban J connectivity index is 1.29. The third-order valence-electron chi connectivity index (χ3n) is 16.5. The first kappa shape index (κ1) is 70.1. The van der Waals surface area contributed by atoms with Crippen molar-refractivity contribution in [2.24, 2.45) is 0 Å². The van der Waals surface area contributed by atoms with Gasteiger partial charge in [0, 0.05) is 76.2 Å². The third-order valence-corrected chi connectivity index (χ3v) is 16.5. The van der Waals surface area contributed by atoms with Crippen LogP contribution in [0.15, 0.2) is 194 Å². The largest absolute Gasteiger partial charge is 0.493 e. The number of hydrogen-bond donors (Lipinski definition) is 4. The highest BCUT2D eigenvalue weighted by Crippen LogP contribution is 2.42. The quantitative estimate of drug-likeness (QED) is 0.0240. The van der Waals surface area contributed by atoms with Crippen molar-refractivity contribution in [2.45, 2.75) is 131 Å². The smallest absolute Gasteiger partial charge is 0.244 e. The lowest BCUT2D eigenvalue weighted by Gasteiger charge is -2.24. The van der Waals surface area contributed by atoms with Crippen molar-refractivity contribution in [3.63, 3.8) is 0 Å². The van der Waals surface area contributed by atoms with Crippen molar-refractivity contribution in [2.75, 3.05) is 26.4 Å². The van der Waals surface area contributed by atoms with Gasteiger partial charge in [-0.15, -0.1) is 0 Å². The third kappa shape index (κ3) is 21.9. The van der Waals surface area contributed by atoms with Gasteiger partial charge in [-0.25, -0.2) is 0 Å². The van der Waals surface area contributed by atoms with Crippen LogP contribution in [0.5, 0.6) is 23.0 Å². The monoisotopic (exact) mass is 1280 g/mol. The molecule has 1 aliphatic carbocycles. The highest BCUT2D eigenvalue weighted by molar-refractivity contribution is 5.94. The van der Waals surface area contributed by atoms with E-state index in [4.69, 9.17) is 18.9 Å². The van der Waals surface area contributed by atoms with Crippen LogP contribution in [0.1, 0.15) is 168 Å². The van der Waals surface area contributed by atoms with E-state index in [-0.39, 0.29) is 23.6 Å². The molecular formula is C84H92N4O8. The van der Waals surface area contributed by atoms with Crippen LogP contribution in [0.2, 0.25) is 0 Å². The summed E-state index contributed by atoms with van der Waals surface area (Å²) in [6.07, 6.45) is 22.0. The molecule has 496 valence electrons. The standard InChI is InChI=1S/C84H92N4O8/c1-5-9-41-93-81-69-45-65(33-37-77(89)85-57-61-25-17-13-18-26-61)46-70(81)54-72-48-67(35-39-79(91)87-59-63-29-21-15-22-30-63)50-74(83(72)95-43-11-7-3)56-76-52-68(36-40-80(92)88-60-64-31-23-16-24-32-64)51-75(84(76)96-44-12-8-4)55-73-49-66(47-71(53-69)82(73)94-42-10-6-2)34-38-78(90)86-58-62-27-19-14-20-28-62/h13-40,45-52H,5-12,41-44,53-60H2,1-4H3,(H,85,89)(H,86,90)(H,87,91)(H,88,92)/b37-33+,38-34+,39-35+,40-36?. The van der Waals surface area contributed by atoms with Crippen LogP contribution in [0.4, 0.5) is 0 Å². The van der Waals surface area contributed by atoms with Crippen LogP contribution < -0.4 is 40.2 Å². The second-order valence-corrected chi connectivity index (χ2v) is 24.3. The maximum absolute atomic E-state index is 13.8. The molecule has 1 aliphatic rings. The number of unbranched alkanes of at least 4 members (excludes halogenated alkanes) is 4. The summed E-state index contributed by atoms with van der Waals surface area (Å²) in [5.74, 6) is 1.91. The Hall–Kier alpha value is -10.2. The highest BCUT2D eigenvalue weighted by atomic mass is 16.5. The van der Waals surface area contributed by atoms with Crippen molar-refractivity contribution in [3.8, 4) is 23.0 Å². The van der Waals surface area contributed by atoms with E-state index in [9.17, 15) is 19.2 Å². The normalized spacial score (nSPS) is 12.0. The summed E-state index contributed by atoms with van der Waals surface area (Å²) in [4.78, 5) is 55.2. The van der Waals surface area contributed by atoms with Gasteiger partial charge >= 0.3 is 0 Å². The van der Waals surface area contributed by atoms with E-state index in [0.29, 0.717) is 101 Å².